The molecule has 2 heterocycles. The van der Waals surface area contributed by atoms with E-state index in [0.29, 0.717) is 0 Å². The van der Waals surface area contributed by atoms with Gasteiger partial charge in [0.15, 0.2) is 0 Å². The Bertz CT molecular complexity index is 3720. The third-order valence-corrected chi connectivity index (χ3v) is 13.3. The van der Waals surface area contributed by atoms with Crippen LogP contribution < -0.4 is 0 Å². The van der Waals surface area contributed by atoms with Gasteiger partial charge in [0.2, 0.25) is 0 Å². The SMILES string of the molecule is CC1(C)c2ccccc2-c2c(-c3ccc4c5ccc(-c6ccc(-c7ccc8oc9cc%10c(cc9c8c7)oc7ccccc7%10)cc6)cc5c5ccccc5c4c3)cccc21. The lowest BCUT2D eigenvalue weighted by atomic mass is 9.82. The molecule has 1 aliphatic rings. The molecule has 10 aromatic carbocycles. The summed E-state index contributed by atoms with van der Waals surface area (Å²) in [6, 6.07) is 66.7. The summed E-state index contributed by atoms with van der Waals surface area (Å²) in [6.45, 7) is 4.71. The van der Waals surface area contributed by atoms with Gasteiger partial charge in [0.05, 0.1) is 0 Å². The Labute approximate surface area is 340 Å². The highest BCUT2D eigenvalue weighted by Crippen LogP contribution is 2.52. The molecule has 1 aliphatic carbocycles. The van der Waals surface area contributed by atoms with Crippen LogP contribution in [0, 0.1) is 0 Å². The first-order valence-electron chi connectivity index (χ1n) is 20.5. The van der Waals surface area contributed by atoms with Gasteiger partial charge >= 0.3 is 0 Å². The zero-order valence-electron chi connectivity index (χ0n) is 32.6. The largest absolute Gasteiger partial charge is 0.456 e. The Morgan fingerprint density at radius 1 is 0.288 bits per heavy atom. The van der Waals surface area contributed by atoms with Crippen LogP contribution in [0.5, 0.6) is 0 Å². The maximum atomic E-state index is 6.36. The molecule has 0 saturated heterocycles. The average Bonchev–Trinajstić information content (AvgIpc) is 3.91. The zero-order valence-corrected chi connectivity index (χ0v) is 32.6. The standard InChI is InChI=1S/C57H36O2/c1-57(2)50-15-7-5-13-44(50)56-38(14-9-16-51(56)57)37-23-26-42-41-25-22-35(28-45(41)39-10-3-4-11-40(39)46(42)30-37)33-18-20-34(21-19-33)36-24-27-53-47(29-36)49-32-54-48(31-55(49)59-53)43-12-6-8-17-52(43)58-54/h3-32H,1-2H3. The topological polar surface area (TPSA) is 26.3 Å². The molecule has 0 N–H and O–H groups in total. The second-order valence-corrected chi connectivity index (χ2v) is 16.8. The number of hydrogen-bond donors (Lipinski definition) is 0. The van der Waals surface area contributed by atoms with Gasteiger partial charge in [-0.25, -0.2) is 0 Å². The zero-order chi connectivity index (χ0) is 39.0. The van der Waals surface area contributed by atoms with Crippen molar-refractivity contribution in [3.8, 4) is 44.5 Å². The minimum absolute atomic E-state index is 0.0332. The molecular weight excluding hydrogens is 717 g/mol. The molecule has 0 bridgehead atoms. The molecule has 0 radical (unpaired) electrons. The highest BCUT2D eigenvalue weighted by molar-refractivity contribution is 6.26. The van der Waals surface area contributed by atoms with Crippen LogP contribution in [0.3, 0.4) is 0 Å². The van der Waals surface area contributed by atoms with Gasteiger partial charge < -0.3 is 8.83 Å². The van der Waals surface area contributed by atoms with Crippen molar-refractivity contribution in [2.75, 3.05) is 0 Å². The van der Waals surface area contributed by atoms with Crippen LogP contribution in [0.4, 0.5) is 0 Å². The Morgan fingerprint density at radius 2 is 0.746 bits per heavy atom. The third kappa shape index (κ3) is 4.63. The van der Waals surface area contributed by atoms with Crippen LogP contribution in [-0.4, -0.2) is 0 Å². The van der Waals surface area contributed by atoms with Crippen molar-refractivity contribution in [1.82, 2.24) is 0 Å². The summed E-state index contributed by atoms with van der Waals surface area (Å²) in [4.78, 5) is 0. The average molecular weight is 753 g/mol. The first-order chi connectivity index (χ1) is 29.0. The van der Waals surface area contributed by atoms with E-state index in [4.69, 9.17) is 8.83 Å². The predicted molar refractivity (Wildman–Crippen MR) is 247 cm³/mol. The van der Waals surface area contributed by atoms with Crippen LogP contribution in [-0.2, 0) is 5.41 Å². The van der Waals surface area contributed by atoms with Gasteiger partial charge in [0.1, 0.15) is 22.3 Å². The fourth-order valence-corrected chi connectivity index (χ4v) is 10.3. The number of hydrogen-bond acceptors (Lipinski definition) is 2. The fourth-order valence-electron chi connectivity index (χ4n) is 10.3. The summed E-state index contributed by atoms with van der Waals surface area (Å²) in [5.41, 5.74) is 16.3. The fraction of sp³-hybridized carbons (Fsp3) is 0.0526. The molecule has 0 atom stereocenters. The van der Waals surface area contributed by atoms with Crippen molar-refractivity contribution in [2.45, 2.75) is 19.3 Å². The maximum absolute atomic E-state index is 6.36. The number of para-hydroxylation sites is 1. The van der Waals surface area contributed by atoms with Crippen LogP contribution in [0.1, 0.15) is 25.0 Å². The van der Waals surface area contributed by atoms with Gasteiger partial charge in [-0.3, -0.25) is 0 Å². The Hall–Kier alpha value is -7.42. The summed E-state index contributed by atoms with van der Waals surface area (Å²) in [7, 11) is 0. The van der Waals surface area contributed by atoms with Crippen LogP contribution in [0.15, 0.2) is 191 Å². The molecule has 0 unspecified atom stereocenters. The van der Waals surface area contributed by atoms with Gasteiger partial charge in [-0.2, -0.15) is 0 Å². The summed E-state index contributed by atoms with van der Waals surface area (Å²) in [6.07, 6.45) is 0. The molecule has 0 saturated carbocycles. The van der Waals surface area contributed by atoms with E-state index in [0.717, 1.165) is 49.4 Å². The van der Waals surface area contributed by atoms with E-state index in [2.05, 4.69) is 178 Å². The number of benzene rings is 10. The van der Waals surface area contributed by atoms with Crippen molar-refractivity contribution in [3.63, 3.8) is 0 Å². The van der Waals surface area contributed by atoms with E-state index in [1.165, 1.54) is 82.4 Å². The highest BCUT2D eigenvalue weighted by atomic mass is 16.3. The van der Waals surface area contributed by atoms with E-state index in [1.807, 2.05) is 18.2 Å². The van der Waals surface area contributed by atoms with Crippen molar-refractivity contribution >= 4 is 76.2 Å². The van der Waals surface area contributed by atoms with E-state index in [-0.39, 0.29) is 5.41 Å². The summed E-state index contributed by atoms with van der Waals surface area (Å²) in [5, 5.41) is 12.0. The molecule has 0 fully saturated rings. The van der Waals surface area contributed by atoms with Gasteiger partial charge in [-0.1, -0.05) is 153 Å². The van der Waals surface area contributed by atoms with Crippen molar-refractivity contribution < 1.29 is 8.83 Å². The van der Waals surface area contributed by atoms with Crippen molar-refractivity contribution in [1.29, 1.82) is 0 Å². The number of furan rings is 2. The monoisotopic (exact) mass is 752 g/mol. The molecule has 0 spiro atoms. The third-order valence-electron chi connectivity index (χ3n) is 13.3. The van der Waals surface area contributed by atoms with E-state index >= 15 is 0 Å². The first kappa shape index (κ1) is 32.6. The predicted octanol–water partition coefficient (Wildman–Crippen LogP) is 16.3. The van der Waals surface area contributed by atoms with Gasteiger partial charge in [-0.15, -0.1) is 0 Å². The lowest BCUT2D eigenvalue weighted by Crippen LogP contribution is -2.14. The number of rotatable bonds is 3. The van der Waals surface area contributed by atoms with E-state index < -0.39 is 0 Å². The molecular formula is C57H36O2. The van der Waals surface area contributed by atoms with Crippen LogP contribution >= 0.6 is 0 Å². The second kappa shape index (κ2) is 11.8. The smallest absolute Gasteiger partial charge is 0.136 e. The van der Waals surface area contributed by atoms with E-state index in [1.54, 1.807) is 0 Å². The van der Waals surface area contributed by atoms with Crippen molar-refractivity contribution in [3.05, 3.63) is 193 Å². The van der Waals surface area contributed by atoms with Gasteiger partial charge in [-0.05, 0) is 130 Å². The molecule has 13 rings (SSSR count). The maximum Gasteiger partial charge on any atom is 0.136 e. The normalized spacial score (nSPS) is 13.4. The Kier molecular flexibility index (Phi) is 6.54. The molecule has 0 aliphatic heterocycles. The number of fused-ring (bicyclic) bond motifs is 15. The van der Waals surface area contributed by atoms with E-state index in [9.17, 15) is 0 Å². The molecule has 276 valence electrons. The van der Waals surface area contributed by atoms with Crippen molar-refractivity contribution in [2.24, 2.45) is 0 Å². The molecule has 2 nitrogen and oxygen atoms in total. The van der Waals surface area contributed by atoms with Gasteiger partial charge in [0, 0.05) is 27.0 Å². The highest BCUT2D eigenvalue weighted by Gasteiger charge is 2.36. The van der Waals surface area contributed by atoms with Crippen LogP contribution in [0.2, 0.25) is 0 Å². The summed E-state index contributed by atoms with van der Waals surface area (Å²) in [5.74, 6) is 0. The minimum Gasteiger partial charge on any atom is -0.456 e. The molecule has 12 aromatic rings. The second-order valence-electron chi connectivity index (χ2n) is 16.8. The molecule has 2 aromatic heterocycles. The minimum atomic E-state index is -0.0332. The summed E-state index contributed by atoms with van der Waals surface area (Å²) < 4.78 is 12.6. The molecule has 0 amide bonds. The Morgan fingerprint density at radius 3 is 1.46 bits per heavy atom. The Balaban J connectivity index is 0.888. The van der Waals surface area contributed by atoms with Crippen LogP contribution in [0.25, 0.3) is 121 Å². The molecule has 2 heteroatoms. The molecule has 59 heavy (non-hydrogen) atoms. The lowest BCUT2D eigenvalue weighted by molar-refractivity contribution is 0.660. The van der Waals surface area contributed by atoms with Gasteiger partial charge in [0.25, 0.3) is 0 Å². The lowest BCUT2D eigenvalue weighted by Gasteiger charge is -2.21. The first-order valence-corrected chi connectivity index (χ1v) is 20.5. The summed E-state index contributed by atoms with van der Waals surface area (Å²) >= 11 is 0. The quantitative estimate of drug-likeness (QED) is 0.168.